The molecule has 8 heteroatoms. The lowest BCUT2D eigenvalue weighted by Crippen LogP contribution is -2.50. The summed E-state index contributed by atoms with van der Waals surface area (Å²) in [5.41, 5.74) is 0. The monoisotopic (exact) mass is 769 g/mol. The number of unbranched alkanes of at least 4 members (excludes halogenated alkanes) is 8. The number of carbonyl (C=O) groups excluding carboxylic acids is 2. The maximum atomic E-state index is 12.6. The van der Waals surface area contributed by atoms with Crippen LogP contribution >= 0.6 is 0 Å². The van der Waals surface area contributed by atoms with Crippen LogP contribution in [-0.4, -0.2) is 80.6 Å². The van der Waals surface area contributed by atoms with Gasteiger partial charge in [0.1, 0.15) is 6.61 Å². The second-order valence-electron chi connectivity index (χ2n) is 14.9. The first kappa shape index (κ1) is 51.5. The van der Waals surface area contributed by atoms with Crippen molar-refractivity contribution >= 4 is 17.9 Å². The van der Waals surface area contributed by atoms with Gasteiger partial charge in [-0.05, 0) is 83.5 Å². The van der Waals surface area contributed by atoms with Gasteiger partial charge in [0.2, 0.25) is 0 Å². The van der Waals surface area contributed by atoms with Gasteiger partial charge in [-0.1, -0.05) is 125 Å². The van der Waals surface area contributed by atoms with E-state index in [2.05, 4.69) is 98.9 Å². The van der Waals surface area contributed by atoms with Gasteiger partial charge in [-0.25, -0.2) is 4.79 Å². The minimum atomic E-state index is -0.889. The SMILES string of the molecule is CC/C=C/C/C=C/C/C=C/C/C=C/C/C=C/C/C=C/CCCCCC(=O)OCC(COCCC(C(=O)O)[N+](C)(C)C)OC(=O)CCC/C=C/CCCCCC. The Labute approximate surface area is 335 Å². The quantitative estimate of drug-likeness (QED) is 0.0293. The molecule has 55 heavy (non-hydrogen) atoms. The second kappa shape index (κ2) is 37.4. The van der Waals surface area contributed by atoms with E-state index in [1.165, 1.54) is 25.7 Å². The van der Waals surface area contributed by atoms with E-state index in [9.17, 15) is 19.5 Å². The molecule has 0 spiro atoms. The molecular formula is C47H78NO7+. The minimum absolute atomic E-state index is 0.0339. The Bertz CT molecular complexity index is 1170. The third kappa shape index (κ3) is 35.9. The van der Waals surface area contributed by atoms with Crippen molar-refractivity contribution in [1.82, 2.24) is 0 Å². The topological polar surface area (TPSA) is 99.1 Å². The van der Waals surface area contributed by atoms with Crippen molar-refractivity contribution < 1.29 is 38.2 Å². The summed E-state index contributed by atoms with van der Waals surface area (Å²) in [6, 6.07) is -0.627. The van der Waals surface area contributed by atoms with Gasteiger partial charge in [0.25, 0.3) is 0 Å². The summed E-state index contributed by atoms with van der Waals surface area (Å²) in [5, 5.41) is 9.59. The van der Waals surface area contributed by atoms with Crippen LogP contribution in [0.1, 0.15) is 142 Å². The highest BCUT2D eigenvalue weighted by Crippen LogP contribution is 2.11. The molecule has 2 atom stereocenters. The molecule has 0 aliphatic carbocycles. The molecule has 8 nitrogen and oxygen atoms in total. The number of esters is 2. The summed E-state index contributed by atoms with van der Waals surface area (Å²) in [6.07, 6.45) is 47.9. The maximum absolute atomic E-state index is 12.6. The standard InChI is InChI=1S/C47H77NO7/c1-6-8-10-12-14-16-17-18-19-20-21-22-23-24-25-26-27-28-30-31-33-35-37-45(49)54-42-43(41-53-40-39-44(47(51)52)48(3,4)5)55-46(50)38-36-34-32-29-15-13-11-9-7-2/h8,10,14,16,18-19,21-22,24-25,27-29,32,43-44H,6-7,9,11-13,15,17,20,23,26,30-31,33-42H2,1-5H3/p+1/b10-8+,16-14+,19-18+,22-21+,25-24+,28-27+,32-29+. The third-order valence-electron chi connectivity index (χ3n) is 8.78. The average molecular weight is 769 g/mol. The first-order valence-electron chi connectivity index (χ1n) is 21.1. The molecule has 0 heterocycles. The summed E-state index contributed by atoms with van der Waals surface area (Å²) in [6.45, 7) is 4.49. The summed E-state index contributed by atoms with van der Waals surface area (Å²) in [5.74, 6) is -1.57. The molecule has 1 N–H and O–H groups in total. The summed E-state index contributed by atoms with van der Waals surface area (Å²) < 4.78 is 17.1. The molecule has 0 aliphatic rings. The van der Waals surface area contributed by atoms with E-state index < -0.39 is 18.1 Å². The van der Waals surface area contributed by atoms with Crippen LogP contribution in [0.4, 0.5) is 0 Å². The van der Waals surface area contributed by atoms with Crippen LogP contribution in [0.15, 0.2) is 85.1 Å². The van der Waals surface area contributed by atoms with Crippen LogP contribution in [0.5, 0.6) is 0 Å². The molecular weight excluding hydrogens is 691 g/mol. The fraction of sp³-hybridized carbons (Fsp3) is 0.638. The largest absolute Gasteiger partial charge is 0.477 e. The van der Waals surface area contributed by atoms with Gasteiger partial charge in [-0.3, -0.25) is 9.59 Å². The lowest BCUT2D eigenvalue weighted by atomic mass is 10.1. The van der Waals surface area contributed by atoms with E-state index in [1.54, 1.807) is 0 Å². The summed E-state index contributed by atoms with van der Waals surface area (Å²) >= 11 is 0. The molecule has 0 aliphatic heterocycles. The van der Waals surface area contributed by atoms with Gasteiger partial charge < -0.3 is 23.8 Å². The van der Waals surface area contributed by atoms with Crippen LogP contribution in [0.3, 0.4) is 0 Å². The van der Waals surface area contributed by atoms with Crippen molar-refractivity contribution in [3.63, 3.8) is 0 Å². The molecule has 0 aromatic heterocycles. The van der Waals surface area contributed by atoms with Crippen molar-refractivity contribution in [3.05, 3.63) is 85.1 Å². The third-order valence-corrected chi connectivity index (χ3v) is 8.78. The van der Waals surface area contributed by atoms with E-state index in [0.717, 1.165) is 77.0 Å². The minimum Gasteiger partial charge on any atom is -0.477 e. The molecule has 0 saturated heterocycles. The molecule has 0 aromatic carbocycles. The smallest absolute Gasteiger partial charge is 0.362 e. The van der Waals surface area contributed by atoms with Gasteiger partial charge >= 0.3 is 17.9 Å². The maximum Gasteiger partial charge on any atom is 0.362 e. The van der Waals surface area contributed by atoms with E-state index in [0.29, 0.717) is 19.3 Å². The second-order valence-corrected chi connectivity index (χ2v) is 14.9. The number of allylic oxidation sites excluding steroid dienone is 14. The highest BCUT2D eigenvalue weighted by Gasteiger charge is 2.31. The first-order valence-corrected chi connectivity index (χ1v) is 21.1. The number of carbonyl (C=O) groups is 3. The molecule has 0 amide bonds. The highest BCUT2D eigenvalue weighted by molar-refractivity contribution is 5.72. The molecule has 0 rings (SSSR count). The Morgan fingerprint density at radius 2 is 1.04 bits per heavy atom. The zero-order valence-electron chi connectivity index (χ0n) is 35.3. The normalized spacial score (nSPS) is 13.8. The number of rotatable bonds is 36. The number of aliphatic carboxylic acids is 1. The zero-order valence-corrected chi connectivity index (χ0v) is 35.3. The molecule has 0 fully saturated rings. The lowest BCUT2D eigenvalue weighted by molar-refractivity contribution is -0.887. The van der Waals surface area contributed by atoms with E-state index in [-0.39, 0.29) is 42.7 Å². The van der Waals surface area contributed by atoms with Crippen molar-refractivity contribution in [2.75, 3.05) is 41.0 Å². The van der Waals surface area contributed by atoms with E-state index >= 15 is 0 Å². The molecule has 0 aromatic rings. The van der Waals surface area contributed by atoms with Gasteiger partial charge in [0, 0.05) is 19.3 Å². The fourth-order valence-electron chi connectivity index (χ4n) is 5.51. The van der Waals surface area contributed by atoms with Crippen molar-refractivity contribution in [3.8, 4) is 0 Å². The molecule has 2 unspecified atom stereocenters. The number of hydrogen-bond acceptors (Lipinski definition) is 6. The lowest BCUT2D eigenvalue weighted by Gasteiger charge is -2.31. The number of nitrogens with zero attached hydrogens (tertiary/aromatic N) is 1. The van der Waals surface area contributed by atoms with Gasteiger partial charge in [0.05, 0.1) is 34.4 Å². The highest BCUT2D eigenvalue weighted by atomic mass is 16.6. The van der Waals surface area contributed by atoms with Gasteiger partial charge in [-0.2, -0.15) is 0 Å². The Hall–Kier alpha value is -3.49. The van der Waals surface area contributed by atoms with E-state index in [4.69, 9.17) is 14.2 Å². The first-order chi connectivity index (χ1) is 26.6. The average Bonchev–Trinajstić information content (AvgIpc) is 3.14. The molecule has 312 valence electrons. The fourth-order valence-corrected chi connectivity index (χ4v) is 5.51. The van der Waals surface area contributed by atoms with Crippen molar-refractivity contribution in [2.45, 2.75) is 154 Å². The number of ether oxygens (including phenoxy) is 3. The van der Waals surface area contributed by atoms with Crippen LogP contribution in [0.25, 0.3) is 0 Å². The Morgan fingerprint density at radius 1 is 0.564 bits per heavy atom. The predicted octanol–water partition coefficient (Wildman–Crippen LogP) is 11.4. The molecule has 0 radical (unpaired) electrons. The number of carboxylic acids is 1. The van der Waals surface area contributed by atoms with Gasteiger partial charge in [-0.15, -0.1) is 0 Å². The van der Waals surface area contributed by atoms with E-state index in [1.807, 2.05) is 21.1 Å². The van der Waals surface area contributed by atoms with Crippen molar-refractivity contribution in [1.29, 1.82) is 0 Å². The Balaban J connectivity index is 4.38. The van der Waals surface area contributed by atoms with Crippen LogP contribution in [-0.2, 0) is 28.6 Å². The predicted molar refractivity (Wildman–Crippen MR) is 229 cm³/mol. The summed E-state index contributed by atoms with van der Waals surface area (Å²) in [7, 11) is 5.49. The zero-order chi connectivity index (χ0) is 40.7. The number of quaternary nitrogens is 1. The number of likely N-dealkylation sites (N-methyl/N-ethyl adjacent to an activating group) is 1. The molecule has 0 saturated carbocycles. The van der Waals surface area contributed by atoms with Crippen LogP contribution in [0, 0.1) is 0 Å². The number of carboxylic acid groups (broad SMARTS) is 1. The summed E-state index contributed by atoms with van der Waals surface area (Å²) in [4.78, 5) is 36.8. The van der Waals surface area contributed by atoms with Crippen LogP contribution < -0.4 is 0 Å². The molecule has 0 bridgehead atoms. The number of hydrogen-bond donors (Lipinski definition) is 1. The Kier molecular flexibility index (Phi) is 35.1. The van der Waals surface area contributed by atoms with Crippen molar-refractivity contribution in [2.24, 2.45) is 0 Å². The Morgan fingerprint density at radius 3 is 1.55 bits per heavy atom. The van der Waals surface area contributed by atoms with Crippen LogP contribution in [0.2, 0.25) is 0 Å². The van der Waals surface area contributed by atoms with Gasteiger partial charge in [0.15, 0.2) is 12.1 Å².